The molecule has 0 spiro atoms. The molecule has 0 heterocycles. The van der Waals surface area contributed by atoms with Crippen LogP contribution in [0.3, 0.4) is 0 Å². The predicted molar refractivity (Wildman–Crippen MR) is 69.9 cm³/mol. The van der Waals surface area contributed by atoms with E-state index in [1.165, 1.54) is 5.92 Å². The molecule has 0 saturated carbocycles. The number of carbonyl (C=O) groups excluding carboxylic acids is 1. The molecule has 0 N–H and O–H groups in total. The normalized spacial score (nSPS) is 11.2. The van der Waals surface area contributed by atoms with Crippen molar-refractivity contribution in [2.45, 2.75) is 67.4 Å². The van der Waals surface area contributed by atoms with E-state index < -0.39 is 11.0 Å². The summed E-state index contributed by atoms with van der Waals surface area (Å²) >= 11 is 0. The molecule has 0 amide bonds. The first-order chi connectivity index (χ1) is 6.92. The minimum atomic E-state index is -0.465. The molecule has 1 radical (unpaired) electrons. The minimum Gasteiger partial charge on any atom is -0.460 e. The maximum atomic E-state index is 11.4. The third-order valence-electron chi connectivity index (χ3n) is 1.58. The summed E-state index contributed by atoms with van der Waals surface area (Å²) in [7, 11) is 0. The number of ether oxygens (including phenoxy) is 1. The van der Waals surface area contributed by atoms with Crippen molar-refractivity contribution in [1.29, 1.82) is 0 Å². The Labute approximate surface area is 133 Å². The minimum absolute atomic E-state index is 0. The van der Waals surface area contributed by atoms with Crippen LogP contribution in [0.5, 0.6) is 0 Å². The van der Waals surface area contributed by atoms with Crippen molar-refractivity contribution in [2.24, 2.45) is 5.41 Å². The zero-order chi connectivity index (χ0) is 13.6. The Kier molecular flexibility index (Phi) is 12.7. The van der Waals surface area contributed by atoms with Crippen molar-refractivity contribution in [3.8, 4) is 0 Å². The van der Waals surface area contributed by atoms with E-state index in [1.54, 1.807) is 0 Å². The molecule has 0 aromatic rings. The average Bonchev–Trinajstić information content (AvgIpc) is 2.00. The zero-order valence-electron chi connectivity index (χ0n) is 12.8. The molecule has 0 aliphatic heterocycles. The van der Waals surface area contributed by atoms with Gasteiger partial charge in [-0.15, -0.1) is 0 Å². The van der Waals surface area contributed by atoms with Gasteiger partial charge in [0.05, 0.1) is 0 Å². The number of esters is 1. The van der Waals surface area contributed by atoms with Gasteiger partial charge in [0.15, 0.2) is 0 Å². The Morgan fingerprint density at radius 1 is 1.12 bits per heavy atom. The van der Waals surface area contributed by atoms with Gasteiger partial charge in [0.2, 0.25) is 0 Å². The molecule has 3 heteroatoms. The van der Waals surface area contributed by atoms with Crippen molar-refractivity contribution in [2.75, 3.05) is 0 Å². The topological polar surface area (TPSA) is 26.3 Å². The maximum Gasteiger partial charge on any atom is 0.309 e. The summed E-state index contributed by atoms with van der Waals surface area (Å²) in [5.74, 6) is 1.24. The third kappa shape index (κ3) is 16.6. The van der Waals surface area contributed by atoms with Gasteiger partial charge < -0.3 is 17.6 Å². The molecule has 0 fully saturated rings. The van der Waals surface area contributed by atoms with Crippen LogP contribution in [0.4, 0.5) is 0 Å². The number of rotatable bonds is 2. The Bertz CT molecular complexity index is 200. The fourth-order valence-corrected chi connectivity index (χ4v) is 0.518. The van der Waals surface area contributed by atoms with Crippen LogP contribution in [-0.4, -0.2) is 11.6 Å². The van der Waals surface area contributed by atoms with Gasteiger partial charge in [0, 0.05) is 38.1 Å². The van der Waals surface area contributed by atoms with E-state index in [1.807, 2.05) is 34.6 Å². The third-order valence-corrected chi connectivity index (χ3v) is 1.58. The Morgan fingerprint density at radius 3 is 1.59 bits per heavy atom. The van der Waals surface area contributed by atoms with Gasteiger partial charge in [-0.1, -0.05) is 13.8 Å². The van der Waals surface area contributed by atoms with Gasteiger partial charge in [0.1, 0.15) is 5.60 Å². The molecule has 2 nitrogen and oxygen atoms in total. The first-order valence-corrected chi connectivity index (χ1v) is 5.72. The van der Waals surface area contributed by atoms with E-state index in [-0.39, 0.29) is 38.7 Å². The van der Waals surface area contributed by atoms with Crippen LogP contribution in [0.2, 0.25) is 0 Å². The summed E-state index contributed by atoms with van der Waals surface area (Å²) in [5.41, 5.74) is -0.864. The van der Waals surface area contributed by atoms with Gasteiger partial charge in [0.25, 0.3) is 0 Å². The van der Waals surface area contributed by atoms with E-state index in [4.69, 9.17) is 4.74 Å². The fraction of sp³-hybridized carbons (Fsp3) is 0.786. The van der Waals surface area contributed by atoms with Gasteiger partial charge >= 0.3 is 5.97 Å². The van der Waals surface area contributed by atoms with Crippen LogP contribution in [0.1, 0.15) is 61.8 Å². The quantitative estimate of drug-likeness (QED) is 0.564. The van der Waals surface area contributed by atoms with Crippen molar-refractivity contribution in [3.63, 3.8) is 0 Å². The molecular weight excluding hydrogens is 289 g/mol. The van der Waals surface area contributed by atoms with Crippen LogP contribution in [0, 0.1) is 18.3 Å². The molecule has 0 unspecified atom stereocenters. The number of hydrogen-bond acceptors (Lipinski definition) is 2. The maximum absolute atomic E-state index is 11.4. The number of hydrogen-bond donors (Lipinski definition) is 0. The molecule has 0 atom stereocenters. The largest absolute Gasteiger partial charge is 0.460 e. The van der Waals surface area contributed by atoms with Gasteiger partial charge in [-0.2, -0.15) is 27.2 Å². The van der Waals surface area contributed by atoms with Gasteiger partial charge in [-0.05, 0) is 20.8 Å². The fourth-order valence-electron chi connectivity index (χ4n) is 0.518. The van der Waals surface area contributed by atoms with Crippen LogP contribution < -0.4 is 0 Å². The van der Waals surface area contributed by atoms with E-state index in [9.17, 15) is 4.79 Å². The summed E-state index contributed by atoms with van der Waals surface area (Å²) in [6.45, 7) is 19.2. The molecule has 0 bridgehead atoms. The molecule has 0 rings (SSSR count). The summed E-state index contributed by atoms with van der Waals surface area (Å²) in [5, 5.41) is 0. The second-order valence-corrected chi connectivity index (χ2v) is 6.14. The van der Waals surface area contributed by atoms with Crippen LogP contribution in [-0.2, 0) is 42.2 Å². The van der Waals surface area contributed by atoms with E-state index in [0.717, 1.165) is 0 Å². The summed E-state index contributed by atoms with van der Waals surface area (Å²) in [6.07, 6.45) is 0.557. The van der Waals surface area contributed by atoms with Gasteiger partial charge in [-0.3, -0.25) is 4.79 Å². The second kappa shape index (κ2) is 9.50. The summed E-state index contributed by atoms with van der Waals surface area (Å²) < 4.78 is 5.21. The standard InChI is InChI=1S/C10H19O2.C4H9.Y/c1-7-10(5,6)8(11)12-9(2,3)4;1-4(2)3;/h1,7H2,2-6H3;1-3H3;/q2*-1;. The predicted octanol–water partition coefficient (Wildman–Crippen LogP) is 4.20. The zero-order valence-corrected chi connectivity index (χ0v) is 15.6. The Hall–Kier alpha value is 0.574. The Morgan fingerprint density at radius 2 is 1.41 bits per heavy atom. The molecule has 101 valence electrons. The summed E-state index contributed by atoms with van der Waals surface area (Å²) in [6, 6.07) is 0. The number of carbonyl (C=O) groups is 1. The van der Waals surface area contributed by atoms with Crippen LogP contribution >= 0.6 is 0 Å². The first kappa shape index (κ1) is 22.7. The summed E-state index contributed by atoms with van der Waals surface area (Å²) in [4.78, 5) is 11.4. The van der Waals surface area contributed by atoms with E-state index in [0.29, 0.717) is 6.42 Å². The molecule has 0 aromatic heterocycles. The SMILES string of the molecule is C[C-](C)C.[CH2-]CC(C)(C)C(=O)OC(C)(C)C.[Y]. The van der Waals surface area contributed by atoms with Crippen molar-refractivity contribution in [3.05, 3.63) is 12.8 Å². The molecule has 0 aromatic carbocycles. The van der Waals surface area contributed by atoms with E-state index in [2.05, 4.69) is 27.7 Å². The second-order valence-electron chi connectivity index (χ2n) is 6.14. The molecular formula is C14H28O2Y-2. The van der Waals surface area contributed by atoms with Crippen LogP contribution in [0.25, 0.3) is 0 Å². The van der Waals surface area contributed by atoms with Crippen molar-refractivity contribution >= 4 is 5.97 Å². The molecule has 0 aliphatic rings. The van der Waals surface area contributed by atoms with Crippen molar-refractivity contribution < 1.29 is 42.2 Å². The first-order valence-electron chi connectivity index (χ1n) is 5.72. The van der Waals surface area contributed by atoms with Gasteiger partial charge in [-0.25, -0.2) is 0 Å². The molecule has 0 saturated heterocycles. The average molecular weight is 317 g/mol. The molecule has 17 heavy (non-hydrogen) atoms. The Balaban J connectivity index is -0.000000340. The van der Waals surface area contributed by atoms with E-state index >= 15 is 0 Å². The monoisotopic (exact) mass is 317 g/mol. The molecule has 0 aliphatic carbocycles. The van der Waals surface area contributed by atoms with Crippen LogP contribution in [0.15, 0.2) is 0 Å². The smallest absolute Gasteiger partial charge is 0.309 e. The van der Waals surface area contributed by atoms with Crippen molar-refractivity contribution in [1.82, 2.24) is 0 Å².